The fourth-order valence-corrected chi connectivity index (χ4v) is 6.99. The van der Waals surface area contributed by atoms with Gasteiger partial charge in [-0.2, -0.15) is 0 Å². The van der Waals surface area contributed by atoms with Gasteiger partial charge in [0, 0.05) is 18.7 Å². The lowest BCUT2D eigenvalue weighted by Gasteiger charge is -2.57. The van der Waals surface area contributed by atoms with Gasteiger partial charge in [-0.05, 0) is 73.8 Å². The smallest absolute Gasteiger partial charge is 0.264 e. The lowest BCUT2D eigenvalue weighted by molar-refractivity contribution is -0.0510. The SMILES string of the molecule is O=C(NS(=O)(=O)C(Cl)CNCC12CC3CC(CC(C3)C1)C2)c1ccccc1. The van der Waals surface area contributed by atoms with E-state index in [1.165, 1.54) is 38.5 Å². The highest BCUT2D eigenvalue weighted by atomic mass is 35.5. The van der Waals surface area contributed by atoms with Crippen LogP contribution in [0.5, 0.6) is 0 Å². The van der Waals surface area contributed by atoms with Gasteiger partial charge in [0.1, 0.15) is 0 Å². The van der Waals surface area contributed by atoms with Crippen LogP contribution < -0.4 is 10.0 Å². The zero-order valence-electron chi connectivity index (χ0n) is 15.4. The van der Waals surface area contributed by atoms with Crippen molar-refractivity contribution in [3.05, 3.63) is 35.9 Å². The van der Waals surface area contributed by atoms with E-state index in [4.69, 9.17) is 11.6 Å². The number of carbonyl (C=O) groups excluding carboxylic acids is 1. The molecule has 5 nitrogen and oxygen atoms in total. The fourth-order valence-electron chi connectivity index (χ4n) is 5.91. The highest BCUT2D eigenvalue weighted by Crippen LogP contribution is 2.59. The molecular weight excluding hydrogens is 384 g/mol. The Morgan fingerprint density at radius 3 is 2.19 bits per heavy atom. The highest BCUT2D eigenvalue weighted by Gasteiger charge is 2.50. The van der Waals surface area contributed by atoms with Gasteiger partial charge < -0.3 is 5.32 Å². The van der Waals surface area contributed by atoms with Crippen molar-refractivity contribution in [2.45, 2.75) is 43.2 Å². The summed E-state index contributed by atoms with van der Waals surface area (Å²) in [5.41, 5.74) is 0.619. The van der Waals surface area contributed by atoms with E-state index in [9.17, 15) is 13.2 Å². The molecule has 1 amide bonds. The predicted molar refractivity (Wildman–Crippen MR) is 106 cm³/mol. The summed E-state index contributed by atoms with van der Waals surface area (Å²) >= 11 is 6.13. The monoisotopic (exact) mass is 410 g/mol. The van der Waals surface area contributed by atoms with Crippen molar-refractivity contribution in [3.63, 3.8) is 0 Å². The Morgan fingerprint density at radius 1 is 1.07 bits per heavy atom. The average Bonchev–Trinajstić information content (AvgIpc) is 2.60. The molecular formula is C20H27ClN2O3S. The van der Waals surface area contributed by atoms with E-state index in [1.807, 2.05) is 0 Å². The van der Waals surface area contributed by atoms with Gasteiger partial charge in [0.05, 0.1) is 0 Å². The lowest BCUT2D eigenvalue weighted by Crippen LogP contribution is -2.51. The minimum atomic E-state index is -3.93. The quantitative estimate of drug-likeness (QED) is 0.677. The number of benzene rings is 1. The van der Waals surface area contributed by atoms with Crippen LogP contribution in [-0.4, -0.2) is 32.1 Å². The topological polar surface area (TPSA) is 75.3 Å². The van der Waals surface area contributed by atoms with Crippen molar-refractivity contribution in [1.29, 1.82) is 0 Å². The number of hydrogen-bond acceptors (Lipinski definition) is 4. The molecule has 1 unspecified atom stereocenters. The summed E-state index contributed by atoms with van der Waals surface area (Å²) in [5.74, 6) is 1.93. The third-order valence-corrected chi connectivity index (χ3v) is 8.75. The van der Waals surface area contributed by atoms with E-state index in [1.54, 1.807) is 30.3 Å². The Hall–Kier alpha value is -1.11. The molecule has 4 aliphatic carbocycles. The van der Waals surface area contributed by atoms with Crippen LogP contribution in [0.4, 0.5) is 0 Å². The summed E-state index contributed by atoms with van der Waals surface area (Å²) in [6.07, 6.45) is 7.94. The van der Waals surface area contributed by atoms with Crippen molar-refractivity contribution < 1.29 is 13.2 Å². The number of carbonyl (C=O) groups is 1. The Balaban J connectivity index is 1.30. The molecule has 0 aliphatic heterocycles. The Kier molecular flexibility index (Phi) is 5.25. The van der Waals surface area contributed by atoms with E-state index in [-0.39, 0.29) is 6.54 Å². The maximum atomic E-state index is 12.4. The van der Waals surface area contributed by atoms with E-state index in [2.05, 4.69) is 10.0 Å². The maximum absolute atomic E-state index is 12.4. The summed E-state index contributed by atoms with van der Waals surface area (Å²) in [7, 11) is -3.93. The standard InChI is InChI=1S/C20H27ClN2O3S/c21-18(27(25,26)23-19(24)17-4-2-1-3-5-17)12-22-13-20-9-14-6-15(10-20)8-16(7-14)11-20/h1-5,14-16,18,22H,6-13H2,(H,23,24). The Labute approximate surface area is 166 Å². The fraction of sp³-hybridized carbons (Fsp3) is 0.650. The minimum Gasteiger partial charge on any atom is -0.314 e. The number of alkyl halides is 1. The molecule has 0 saturated heterocycles. The van der Waals surface area contributed by atoms with Crippen LogP contribution in [0.2, 0.25) is 0 Å². The number of halogens is 1. The summed E-state index contributed by atoms with van der Waals surface area (Å²) < 4.78 is 25.6. The van der Waals surface area contributed by atoms with Crippen LogP contribution >= 0.6 is 11.6 Å². The normalized spacial score (nSPS) is 33.0. The van der Waals surface area contributed by atoms with E-state index in [0.29, 0.717) is 11.0 Å². The van der Waals surface area contributed by atoms with Gasteiger partial charge in [0.2, 0.25) is 0 Å². The van der Waals surface area contributed by atoms with Crippen LogP contribution in [0.1, 0.15) is 48.9 Å². The van der Waals surface area contributed by atoms with E-state index < -0.39 is 20.6 Å². The third-order valence-electron chi connectivity index (χ3n) is 6.58. The predicted octanol–water partition coefficient (Wildman–Crippen LogP) is 3.12. The first-order valence-electron chi connectivity index (χ1n) is 9.81. The van der Waals surface area contributed by atoms with Crippen LogP contribution in [-0.2, 0) is 10.0 Å². The zero-order valence-corrected chi connectivity index (χ0v) is 16.9. The van der Waals surface area contributed by atoms with Crippen molar-refractivity contribution in [3.8, 4) is 0 Å². The molecule has 2 N–H and O–H groups in total. The second-order valence-corrected chi connectivity index (χ2v) is 11.4. The molecule has 0 heterocycles. The van der Waals surface area contributed by atoms with Crippen LogP contribution in [0.15, 0.2) is 30.3 Å². The molecule has 0 spiro atoms. The van der Waals surface area contributed by atoms with Crippen molar-refractivity contribution in [2.24, 2.45) is 23.2 Å². The molecule has 148 valence electrons. The molecule has 0 aromatic heterocycles. The summed E-state index contributed by atoms with van der Waals surface area (Å²) in [6, 6.07) is 8.28. The van der Waals surface area contributed by atoms with E-state index >= 15 is 0 Å². The van der Waals surface area contributed by atoms with Crippen molar-refractivity contribution >= 4 is 27.5 Å². The van der Waals surface area contributed by atoms with E-state index in [0.717, 1.165) is 24.3 Å². The molecule has 1 aromatic rings. The molecule has 1 atom stereocenters. The zero-order chi connectivity index (χ0) is 19.1. The van der Waals surface area contributed by atoms with Gasteiger partial charge in [-0.1, -0.05) is 18.2 Å². The second-order valence-electron chi connectivity index (χ2n) is 8.80. The largest absolute Gasteiger partial charge is 0.314 e. The third kappa shape index (κ3) is 4.17. The van der Waals surface area contributed by atoms with Gasteiger partial charge in [0.15, 0.2) is 4.71 Å². The number of nitrogens with one attached hydrogen (secondary N) is 2. The molecule has 5 rings (SSSR count). The molecule has 1 aromatic carbocycles. The Bertz CT molecular complexity index is 761. The molecule has 4 aliphatic rings. The summed E-state index contributed by atoms with van der Waals surface area (Å²) in [6.45, 7) is 0.961. The molecule has 4 saturated carbocycles. The van der Waals surface area contributed by atoms with Crippen molar-refractivity contribution in [2.75, 3.05) is 13.1 Å². The first-order valence-corrected chi connectivity index (χ1v) is 11.8. The molecule has 7 heteroatoms. The molecule has 4 fully saturated rings. The Morgan fingerprint density at radius 2 is 1.63 bits per heavy atom. The average molecular weight is 411 g/mol. The molecule has 0 radical (unpaired) electrons. The van der Waals surface area contributed by atoms with Gasteiger partial charge in [-0.15, -0.1) is 11.6 Å². The number of hydrogen-bond donors (Lipinski definition) is 2. The van der Waals surface area contributed by atoms with Gasteiger partial charge in [-0.25, -0.2) is 13.1 Å². The van der Waals surface area contributed by atoms with Crippen molar-refractivity contribution in [1.82, 2.24) is 10.0 Å². The maximum Gasteiger partial charge on any atom is 0.264 e. The van der Waals surface area contributed by atoms with Gasteiger partial charge >= 0.3 is 0 Å². The molecule has 27 heavy (non-hydrogen) atoms. The summed E-state index contributed by atoms with van der Waals surface area (Å²) in [4.78, 5) is 12.1. The highest BCUT2D eigenvalue weighted by molar-refractivity contribution is 7.92. The summed E-state index contributed by atoms with van der Waals surface area (Å²) in [5, 5.41) is 3.30. The minimum absolute atomic E-state index is 0.140. The first-order chi connectivity index (χ1) is 12.9. The van der Waals surface area contributed by atoms with Gasteiger partial charge in [0.25, 0.3) is 15.9 Å². The number of amides is 1. The number of rotatable bonds is 7. The van der Waals surface area contributed by atoms with Crippen LogP contribution in [0.3, 0.4) is 0 Å². The lowest BCUT2D eigenvalue weighted by atomic mass is 9.49. The number of sulfonamides is 1. The molecule has 4 bridgehead atoms. The van der Waals surface area contributed by atoms with Crippen LogP contribution in [0.25, 0.3) is 0 Å². The van der Waals surface area contributed by atoms with Gasteiger partial charge in [-0.3, -0.25) is 4.79 Å². The first kappa shape index (κ1) is 19.2. The van der Waals surface area contributed by atoms with Crippen LogP contribution in [0, 0.1) is 23.2 Å². The second kappa shape index (κ2) is 7.37.